The first kappa shape index (κ1) is 14.2. The Morgan fingerprint density at radius 1 is 1.19 bits per heavy atom. The molecule has 3 rings (SSSR count). The van der Waals surface area contributed by atoms with Crippen molar-refractivity contribution in [1.29, 1.82) is 0 Å². The molecule has 0 aromatic heterocycles. The Kier molecular flexibility index (Phi) is 3.55. The highest BCUT2D eigenvalue weighted by molar-refractivity contribution is 5.89. The number of fused-ring (bicyclic) bond motifs is 2. The summed E-state index contributed by atoms with van der Waals surface area (Å²) in [6.45, 7) is 0. The topological polar surface area (TPSA) is 41.1 Å². The van der Waals surface area contributed by atoms with Gasteiger partial charge >= 0.3 is 12.2 Å². The summed E-state index contributed by atoms with van der Waals surface area (Å²) in [6.07, 6.45) is 0.116. The molecule has 2 N–H and O–H groups in total. The molecule has 2 amide bonds. The van der Waals surface area contributed by atoms with Gasteiger partial charge in [-0.15, -0.1) is 0 Å². The van der Waals surface area contributed by atoms with E-state index < -0.39 is 17.8 Å². The molecule has 114 valence electrons. The van der Waals surface area contributed by atoms with E-state index in [1.807, 2.05) is 0 Å². The third-order valence-corrected chi connectivity index (χ3v) is 4.50. The first-order chi connectivity index (χ1) is 9.91. The van der Waals surface area contributed by atoms with E-state index in [0.717, 1.165) is 31.4 Å². The Morgan fingerprint density at radius 2 is 2.00 bits per heavy atom. The third kappa shape index (κ3) is 3.14. The molecule has 0 radical (unpaired) electrons. The average Bonchev–Trinajstić information content (AvgIpc) is 3.00. The van der Waals surface area contributed by atoms with Crippen LogP contribution < -0.4 is 10.6 Å². The lowest BCUT2D eigenvalue weighted by atomic mass is 9.95. The van der Waals surface area contributed by atoms with Crippen LogP contribution in [-0.4, -0.2) is 12.1 Å². The molecule has 1 aromatic rings. The van der Waals surface area contributed by atoms with Gasteiger partial charge in [-0.25, -0.2) is 4.79 Å². The Balaban J connectivity index is 1.60. The minimum Gasteiger partial charge on any atom is -0.335 e. The monoisotopic (exact) mass is 298 g/mol. The average molecular weight is 298 g/mol. The molecule has 6 heteroatoms. The number of urea groups is 1. The number of anilines is 1. The van der Waals surface area contributed by atoms with E-state index in [-0.39, 0.29) is 11.7 Å². The number of benzene rings is 1. The second-order valence-electron chi connectivity index (χ2n) is 5.96. The van der Waals surface area contributed by atoms with Crippen molar-refractivity contribution in [2.24, 2.45) is 11.8 Å². The number of nitrogens with one attached hydrogen (secondary N) is 2. The van der Waals surface area contributed by atoms with Crippen molar-refractivity contribution in [3.05, 3.63) is 29.8 Å². The molecule has 0 spiro atoms. The predicted molar refractivity (Wildman–Crippen MR) is 72.8 cm³/mol. The van der Waals surface area contributed by atoms with Gasteiger partial charge in [0.15, 0.2) is 0 Å². The Morgan fingerprint density at radius 3 is 2.62 bits per heavy atom. The van der Waals surface area contributed by atoms with Crippen LogP contribution in [0.3, 0.4) is 0 Å². The lowest BCUT2D eigenvalue weighted by Gasteiger charge is -2.23. The number of carbonyl (C=O) groups excluding carboxylic acids is 1. The summed E-state index contributed by atoms with van der Waals surface area (Å²) in [4.78, 5) is 11.9. The molecule has 3 atom stereocenters. The van der Waals surface area contributed by atoms with E-state index in [4.69, 9.17) is 0 Å². The fraction of sp³-hybridized carbons (Fsp3) is 0.533. The van der Waals surface area contributed by atoms with Crippen LogP contribution in [0.2, 0.25) is 0 Å². The van der Waals surface area contributed by atoms with Gasteiger partial charge in [-0.05, 0) is 49.3 Å². The number of rotatable bonds is 2. The van der Waals surface area contributed by atoms with Gasteiger partial charge in [0.1, 0.15) is 0 Å². The first-order valence-corrected chi connectivity index (χ1v) is 7.16. The SMILES string of the molecule is O=C(Nc1cccc(C(F)(F)F)c1)NC1CC2CCC1C2. The molecule has 2 aliphatic carbocycles. The summed E-state index contributed by atoms with van der Waals surface area (Å²) in [5, 5.41) is 5.38. The van der Waals surface area contributed by atoms with Gasteiger partial charge in [0.05, 0.1) is 5.56 Å². The van der Waals surface area contributed by atoms with E-state index >= 15 is 0 Å². The van der Waals surface area contributed by atoms with Crippen molar-refractivity contribution in [1.82, 2.24) is 5.32 Å². The van der Waals surface area contributed by atoms with Crippen molar-refractivity contribution in [3.8, 4) is 0 Å². The van der Waals surface area contributed by atoms with E-state index in [2.05, 4.69) is 10.6 Å². The molecular formula is C15H17F3N2O. The fourth-order valence-electron chi connectivity index (χ4n) is 3.53. The van der Waals surface area contributed by atoms with Gasteiger partial charge in [0.25, 0.3) is 0 Å². The highest BCUT2D eigenvalue weighted by Crippen LogP contribution is 2.44. The molecule has 2 fully saturated rings. The molecule has 0 saturated heterocycles. The standard InChI is InChI=1S/C15H17F3N2O/c16-15(17,18)11-2-1-3-12(8-11)19-14(21)20-13-7-9-4-5-10(13)6-9/h1-3,8-10,13H,4-7H2,(H2,19,20,21). The number of alkyl halides is 3. The molecule has 0 heterocycles. The Labute approximate surface area is 120 Å². The maximum Gasteiger partial charge on any atom is 0.416 e. The van der Waals surface area contributed by atoms with Gasteiger partial charge in [0, 0.05) is 11.7 Å². The molecule has 3 unspecified atom stereocenters. The van der Waals surface area contributed by atoms with Crippen molar-refractivity contribution < 1.29 is 18.0 Å². The lowest BCUT2D eigenvalue weighted by Crippen LogP contribution is -2.41. The molecule has 2 aliphatic rings. The summed E-state index contributed by atoms with van der Waals surface area (Å²) in [5.74, 6) is 1.23. The number of amides is 2. The van der Waals surface area contributed by atoms with Crippen LogP contribution in [0.4, 0.5) is 23.7 Å². The van der Waals surface area contributed by atoms with Gasteiger partial charge in [-0.3, -0.25) is 0 Å². The zero-order valence-electron chi connectivity index (χ0n) is 11.4. The molecule has 1 aromatic carbocycles. The fourth-order valence-corrected chi connectivity index (χ4v) is 3.53. The van der Waals surface area contributed by atoms with E-state index in [1.54, 1.807) is 0 Å². The molecule has 21 heavy (non-hydrogen) atoms. The van der Waals surface area contributed by atoms with E-state index in [0.29, 0.717) is 11.8 Å². The lowest BCUT2D eigenvalue weighted by molar-refractivity contribution is -0.137. The number of halogens is 3. The normalized spacial score (nSPS) is 27.7. The largest absolute Gasteiger partial charge is 0.416 e. The summed E-state index contributed by atoms with van der Waals surface area (Å²) in [5.41, 5.74) is -0.606. The maximum absolute atomic E-state index is 12.6. The predicted octanol–water partition coefficient (Wildman–Crippen LogP) is 4.02. The zero-order chi connectivity index (χ0) is 15.0. The summed E-state index contributed by atoms with van der Waals surface area (Å²) < 4.78 is 37.8. The molecule has 2 bridgehead atoms. The third-order valence-electron chi connectivity index (χ3n) is 4.50. The second kappa shape index (κ2) is 5.24. The molecular weight excluding hydrogens is 281 g/mol. The van der Waals surface area contributed by atoms with Crippen LogP contribution in [0.1, 0.15) is 31.2 Å². The van der Waals surface area contributed by atoms with Gasteiger partial charge in [-0.1, -0.05) is 12.5 Å². The zero-order valence-corrected chi connectivity index (χ0v) is 11.4. The molecule has 3 nitrogen and oxygen atoms in total. The maximum atomic E-state index is 12.6. The summed E-state index contributed by atoms with van der Waals surface area (Å²) in [6, 6.07) is 4.41. The van der Waals surface area contributed by atoms with E-state index in [9.17, 15) is 18.0 Å². The first-order valence-electron chi connectivity index (χ1n) is 7.16. The van der Waals surface area contributed by atoms with Crippen molar-refractivity contribution >= 4 is 11.7 Å². The molecule has 0 aliphatic heterocycles. The van der Waals surface area contributed by atoms with Gasteiger partial charge in [-0.2, -0.15) is 13.2 Å². The van der Waals surface area contributed by atoms with Crippen LogP contribution >= 0.6 is 0 Å². The quantitative estimate of drug-likeness (QED) is 0.851. The van der Waals surface area contributed by atoms with Crippen LogP contribution in [0.25, 0.3) is 0 Å². The van der Waals surface area contributed by atoms with Crippen LogP contribution in [0.5, 0.6) is 0 Å². The number of hydrogen-bond donors (Lipinski definition) is 2. The van der Waals surface area contributed by atoms with Crippen molar-refractivity contribution in [2.75, 3.05) is 5.32 Å². The van der Waals surface area contributed by atoms with E-state index in [1.165, 1.54) is 18.6 Å². The Bertz CT molecular complexity index is 544. The van der Waals surface area contributed by atoms with Gasteiger partial charge in [0.2, 0.25) is 0 Å². The van der Waals surface area contributed by atoms with Crippen LogP contribution in [0.15, 0.2) is 24.3 Å². The highest BCUT2D eigenvalue weighted by Gasteiger charge is 2.40. The minimum atomic E-state index is -4.40. The highest BCUT2D eigenvalue weighted by atomic mass is 19.4. The smallest absolute Gasteiger partial charge is 0.335 e. The van der Waals surface area contributed by atoms with Gasteiger partial charge < -0.3 is 10.6 Å². The molecule has 2 saturated carbocycles. The van der Waals surface area contributed by atoms with Crippen molar-refractivity contribution in [2.45, 2.75) is 37.9 Å². The summed E-state index contributed by atoms with van der Waals surface area (Å²) >= 11 is 0. The number of hydrogen-bond acceptors (Lipinski definition) is 1. The second-order valence-corrected chi connectivity index (χ2v) is 5.96. The van der Waals surface area contributed by atoms with Crippen LogP contribution in [0, 0.1) is 11.8 Å². The Hall–Kier alpha value is -1.72. The summed E-state index contributed by atoms with van der Waals surface area (Å²) in [7, 11) is 0. The number of carbonyl (C=O) groups is 1. The minimum absolute atomic E-state index is 0.158. The van der Waals surface area contributed by atoms with Crippen LogP contribution in [-0.2, 0) is 6.18 Å². The van der Waals surface area contributed by atoms with Crippen molar-refractivity contribution in [3.63, 3.8) is 0 Å².